The lowest BCUT2D eigenvalue weighted by Crippen LogP contribution is -2.27. The number of aromatic amines is 1. The van der Waals surface area contributed by atoms with Crippen molar-refractivity contribution in [3.8, 4) is 11.5 Å². The Bertz CT molecular complexity index is 982. The van der Waals surface area contributed by atoms with Gasteiger partial charge in [0, 0.05) is 19.6 Å². The molecule has 1 atom stereocenters. The van der Waals surface area contributed by atoms with Crippen LogP contribution in [0.5, 0.6) is 0 Å². The zero-order chi connectivity index (χ0) is 18.1. The fraction of sp³-hybridized carbons (Fsp3) is 0.375. The number of aliphatic hydroxyl groups is 1. The van der Waals surface area contributed by atoms with E-state index in [0.29, 0.717) is 29.4 Å². The number of anilines is 1. The molecule has 3 aromatic heterocycles. The molecule has 132 valence electrons. The van der Waals surface area contributed by atoms with Crippen molar-refractivity contribution >= 4 is 17.0 Å². The number of H-pyrrole nitrogens is 1. The van der Waals surface area contributed by atoms with Gasteiger partial charge in [-0.15, -0.1) is 6.58 Å². The van der Waals surface area contributed by atoms with E-state index in [1.165, 1.54) is 4.57 Å². The summed E-state index contributed by atoms with van der Waals surface area (Å²) in [5, 5.41) is 16.6. The number of aliphatic hydroxyl groups excluding tert-OH is 1. The van der Waals surface area contributed by atoms with E-state index in [1.807, 2.05) is 20.0 Å². The van der Waals surface area contributed by atoms with Crippen LogP contribution in [0.15, 0.2) is 23.5 Å². The topological polar surface area (TPSA) is 114 Å². The van der Waals surface area contributed by atoms with Crippen LogP contribution in [0.2, 0.25) is 0 Å². The molecular formula is C16H21N7O2. The van der Waals surface area contributed by atoms with Crippen molar-refractivity contribution in [3.05, 3.63) is 34.9 Å². The number of hydrogen-bond donors (Lipinski definition) is 3. The fourth-order valence-electron chi connectivity index (χ4n) is 2.66. The lowest BCUT2D eigenvalue weighted by Gasteiger charge is -2.12. The number of aromatic nitrogens is 6. The number of rotatable bonds is 6. The first-order valence-corrected chi connectivity index (χ1v) is 7.94. The maximum absolute atomic E-state index is 12.4. The largest absolute Gasteiger partial charge is 0.394 e. The van der Waals surface area contributed by atoms with E-state index in [1.54, 1.807) is 17.7 Å². The first-order valence-electron chi connectivity index (χ1n) is 7.94. The highest BCUT2D eigenvalue weighted by Crippen LogP contribution is 2.24. The molecule has 0 bridgehead atoms. The molecule has 25 heavy (non-hydrogen) atoms. The minimum atomic E-state index is -0.431. The molecule has 3 aromatic rings. The molecule has 0 unspecified atom stereocenters. The molecule has 0 aromatic carbocycles. The quantitative estimate of drug-likeness (QED) is 0.571. The molecule has 0 spiro atoms. The van der Waals surface area contributed by atoms with Crippen molar-refractivity contribution in [2.75, 3.05) is 11.9 Å². The van der Waals surface area contributed by atoms with E-state index in [2.05, 4.69) is 31.9 Å². The number of hydrogen-bond acceptors (Lipinski definition) is 6. The van der Waals surface area contributed by atoms with Gasteiger partial charge in [0.1, 0.15) is 11.2 Å². The Morgan fingerprint density at radius 1 is 1.48 bits per heavy atom. The fourth-order valence-corrected chi connectivity index (χ4v) is 2.66. The third-order valence-electron chi connectivity index (χ3n) is 3.83. The predicted molar refractivity (Wildman–Crippen MR) is 95.5 cm³/mol. The average Bonchev–Trinajstić information content (AvgIpc) is 3.14. The van der Waals surface area contributed by atoms with E-state index >= 15 is 0 Å². The van der Waals surface area contributed by atoms with Gasteiger partial charge in [0.25, 0.3) is 0 Å². The van der Waals surface area contributed by atoms with E-state index < -0.39 is 5.69 Å². The first-order chi connectivity index (χ1) is 11.9. The highest BCUT2D eigenvalue weighted by atomic mass is 16.3. The second-order valence-electron chi connectivity index (χ2n) is 5.95. The summed E-state index contributed by atoms with van der Waals surface area (Å²) in [6.45, 7) is 7.59. The molecule has 0 saturated carbocycles. The molecule has 0 amide bonds. The van der Waals surface area contributed by atoms with Crippen LogP contribution >= 0.6 is 0 Å². The third-order valence-corrected chi connectivity index (χ3v) is 3.83. The lowest BCUT2D eigenvalue weighted by molar-refractivity contribution is 0.281. The minimum absolute atomic E-state index is 0.0825. The molecule has 9 nitrogen and oxygen atoms in total. The summed E-state index contributed by atoms with van der Waals surface area (Å²) in [7, 11) is 1.83. The number of nitrogens with zero attached hydrogens (tertiary/aromatic N) is 5. The van der Waals surface area contributed by atoms with Gasteiger partial charge in [-0.2, -0.15) is 10.1 Å². The van der Waals surface area contributed by atoms with Gasteiger partial charge in [0.15, 0.2) is 17.3 Å². The first kappa shape index (κ1) is 16.9. The van der Waals surface area contributed by atoms with Gasteiger partial charge in [-0.1, -0.05) is 6.08 Å². The lowest BCUT2D eigenvalue weighted by atomic mass is 10.3. The molecule has 0 fully saturated rings. The zero-order valence-electron chi connectivity index (χ0n) is 14.4. The number of fused-ring (bicyclic) bond motifs is 1. The number of nitrogens with one attached hydrogen (secondary N) is 2. The van der Waals surface area contributed by atoms with Crippen LogP contribution in [0.3, 0.4) is 0 Å². The Morgan fingerprint density at radius 2 is 2.24 bits per heavy atom. The SMILES string of the molecule is C=CCn1c(=O)nc(N[C@@H](C)CO)c2[nH]c(-c3cc(C)nn3C)nc21. The van der Waals surface area contributed by atoms with Crippen LogP contribution in [0.4, 0.5) is 5.82 Å². The van der Waals surface area contributed by atoms with Gasteiger partial charge >= 0.3 is 5.69 Å². The van der Waals surface area contributed by atoms with Crippen molar-refractivity contribution < 1.29 is 5.11 Å². The average molecular weight is 343 g/mol. The molecule has 3 rings (SSSR count). The molecule has 0 aliphatic carbocycles. The summed E-state index contributed by atoms with van der Waals surface area (Å²) >= 11 is 0. The van der Waals surface area contributed by atoms with Crippen LogP contribution < -0.4 is 11.0 Å². The maximum Gasteiger partial charge on any atom is 0.351 e. The summed E-state index contributed by atoms with van der Waals surface area (Å²) in [6, 6.07) is 1.65. The van der Waals surface area contributed by atoms with E-state index in [0.717, 1.165) is 11.4 Å². The van der Waals surface area contributed by atoms with Gasteiger partial charge in [0.2, 0.25) is 0 Å². The summed E-state index contributed by atoms with van der Waals surface area (Å²) in [4.78, 5) is 24.3. The molecule has 9 heteroatoms. The predicted octanol–water partition coefficient (Wildman–Crippen LogP) is 0.807. The second kappa shape index (κ2) is 6.52. The highest BCUT2D eigenvalue weighted by Gasteiger charge is 2.18. The van der Waals surface area contributed by atoms with Crippen molar-refractivity contribution in [1.29, 1.82) is 0 Å². The van der Waals surface area contributed by atoms with Crippen LogP contribution in [0.1, 0.15) is 12.6 Å². The Kier molecular flexibility index (Phi) is 4.41. The Balaban J connectivity index is 2.25. The molecule has 0 saturated heterocycles. The van der Waals surface area contributed by atoms with Crippen molar-refractivity contribution in [1.82, 2.24) is 29.3 Å². The summed E-state index contributed by atoms with van der Waals surface area (Å²) in [6.07, 6.45) is 1.62. The van der Waals surface area contributed by atoms with E-state index in [4.69, 9.17) is 0 Å². The van der Waals surface area contributed by atoms with Gasteiger partial charge in [-0.3, -0.25) is 9.25 Å². The molecule has 3 heterocycles. The summed E-state index contributed by atoms with van der Waals surface area (Å²) < 4.78 is 3.17. The maximum atomic E-state index is 12.4. The number of allylic oxidation sites excluding steroid dienone is 1. The van der Waals surface area contributed by atoms with Crippen molar-refractivity contribution in [3.63, 3.8) is 0 Å². The van der Waals surface area contributed by atoms with Crippen LogP contribution in [0.25, 0.3) is 22.7 Å². The number of aryl methyl sites for hydroxylation is 2. The Morgan fingerprint density at radius 3 is 2.84 bits per heavy atom. The van der Waals surface area contributed by atoms with Gasteiger partial charge in [-0.25, -0.2) is 9.78 Å². The smallest absolute Gasteiger partial charge is 0.351 e. The normalized spacial score (nSPS) is 12.5. The monoisotopic (exact) mass is 343 g/mol. The summed E-state index contributed by atoms with van der Waals surface area (Å²) in [5.74, 6) is 0.947. The molecule has 0 radical (unpaired) electrons. The van der Waals surface area contributed by atoms with E-state index in [9.17, 15) is 9.90 Å². The highest BCUT2D eigenvalue weighted by molar-refractivity contribution is 5.85. The zero-order valence-corrected chi connectivity index (χ0v) is 14.4. The van der Waals surface area contributed by atoms with E-state index in [-0.39, 0.29) is 12.6 Å². The standard InChI is InChI=1S/C16H21N7O2/c1-5-6-23-15-12(14(20-16(23)25)17-10(3)8-24)18-13(19-15)11-7-9(2)21-22(11)4/h5,7,10,24H,1,6,8H2,2-4H3,(H,18,19)(H,17,20,25)/t10-/m0/s1. The Hall–Kier alpha value is -2.94. The van der Waals surface area contributed by atoms with Crippen molar-refractivity contribution in [2.45, 2.75) is 26.4 Å². The molecule has 0 aliphatic heterocycles. The van der Waals surface area contributed by atoms with Gasteiger partial charge in [-0.05, 0) is 19.9 Å². The number of imidazole rings is 1. The van der Waals surface area contributed by atoms with Gasteiger partial charge in [0.05, 0.1) is 12.3 Å². The van der Waals surface area contributed by atoms with Gasteiger partial charge < -0.3 is 15.4 Å². The Labute approximate surface area is 144 Å². The van der Waals surface area contributed by atoms with Crippen LogP contribution in [-0.2, 0) is 13.6 Å². The van der Waals surface area contributed by atoms with Crippen LogP contribution in [0, 0.1) is 6.92 Å². The third kappa shape index (κ3) is 3.05. The molecular weight excluding hydrogens is 322 g/mol. The molecule has 0 aliphatic rings. The minimum Gasteiger partial charge on any atom is -0.394 e. The molecule has 3 N–H and O–H groups in total. The summed E-state index contributed by atoms with van der Waals surface area (Å²) in [5.41, 5.74) is 2.30. The second-order valence-corrected chi connectivity index (χ2v) is 5.95. The van der Waals surface area contributed by atoms with Crippen LogP contribution in [-0.4, -0.2) is 47.1 Å². The van der Waals surface area contributed by atoms with Crippen molar-refractivity contribution in [2.24, 2.45) is 7.05 Å².